The molecule has 2 N–H and O–H groups in total. The van der Waals surface area contributed by atoms with Gasteiger partial charge < -0.3 is 15.4 Å². The fourth-order valence-corrected chi connectivity index (χ4v) is 3.43. The third kappa shape index (κ3) is 4.95. The van der Waals surface area contributed by atoms with E-state index in [4.69, 9.17) is 4.74 Å². The highest BCUT2D eigenvalue weighted by Crippen LogP contribution is 2.34. The average molecular weight is 367 g/mol. The van der Waals surface area contributed by atoms with Crippen LogP contribution in [0.1, 0.15) is 59.3 Å². The minimum Gasteiger partial charge on any atom is -0.454 e. The van der Waals surface area contributed by atoms with Crippen LogP contribution >= 0.6 is 0 Å². The Morgan fingerprint density at radius 2 is 1.85 bits per heavy atom. The molecular weight excluding hydrogens is 338 g/mol. The predicted molar refractivity (Wildman–Crippen MR) is 94.1 cm³/mol. The molecule has 8 heteroatoms. The molecule has 1 saturated heterocycles. The van der Waals surface area contributed by atoms with Crippen molar-refractivity contribution in [3.8, 4) is 0 Å². The van der Waals surface area contributed by atoms with Crippen molar-refractivity contribution in [1.29, 1.82) is 0 Å². The molecule has 26 heavy (non-hydrogen) atoms. The summed E-state index contributed by atoms with van der Waals surface area (Å²) in [5.41, 5.74) is -0.847. The maximum atomic E-state index is 12.4. The lowest BCUT2D eigenvalue weighted by atomic mass is 9.98. The van der Waals surface area contributed by atoms with E-state index in [1.54, 1.807) is 0 Å². The first-order chi connectivity index (χ1) is 12.2. The zero-order valence-electron chi connectivity index (χ0n) is 15.8. The number of ether oxygens (including phenoxy) is 1. The van der Waals surface area contributed by atoms with E-state index in [1.807, 2.05) is 6.92 Å². The number of amides is 4. The van der Waals surface area contributed by atoms with Crippen molar-refractivity contribution in [3.63, 3.8) is 0 Å². The Hall–Kier alpha value is -2.12. The van der Waals surface area contributed by atoms with Gasteiger partial charge in [-0.1, -0.05) is 26.7 Å². The van der Waals surface area contributed by atoms with Crippen molar-refractivity contribution in [1.82, 2.24) is 15.5 Å². The predicted octanol–water partition coefficient (Wildman–Crippen LogP) is 1.34. The minimum absolute atomic E-state index is 0.00300. The number of rotatable bonds is 8. The molecule has 1 atom stereocenters. The van der Waals surface area contributed by atoms with Gasteiger partial charge in [0.25, 0.3) is 11.8 Å². The Balaban J connectivity index is 1.74. The van der Waals surface area contributed by atoms with Crippen molar-refractivity contribution in [2.75, 3.05) is 13.2 Å². The van der Waals surface area contributed by atoms with Crippen LogP contribution in [0.4, 0.5) is 4.79 Å². The molecule has 0 aromatic rings. The lowest BCUT2D eigenvalue weighted by Gasteiger charge is -2.19. The summed E-state index contributed by atoms with van der Waals surface area (Å²) in [4.78, 5) is 49.1. The van der Waals surface area contributed by atoms with Gasteiger partial charge >= 0.3 is 12.0 Å². The first kappa shape index (κ1) is 20.2. The van der Waals surface area contributed by atoms with E-state index in [1.165, 1.54) is 0 Å². The van der Waals surface area contributed by atoms with Crippen LogP contribution in [0.15, 0.2) is 0 Å². The summed E-state index contributed by atoms with van der Waals surface area (Å²) in [6.45, 7) is 5.24. The molecule has 2 aliphatic rings. The van der Waals surface area contributed by atoms with E-state index in [9.17, 15) is 19.2 Å². The van der Waals surface area contributed by atoms with Gasteiger partial charge in [0.15, 0.2) is 6.61 Å². The molecule has 8 nitrogen and oxygen atoms in total. The number of esters is 1. The summed E-state index contributed by atoms with van der Waals surface area (Å²) in [6.07, 6.45) is 4.79. The number of carbonyl (C=O) groups excluding carboxylic acids is 4. The molecule has 0 aromatic carbocycles. The Bertz CT molecular complexity index is 569. The fraction of sp³-hybridized carbons (Fsp3) is 0.778. The summed E-state index contributed by atoms with van der Waals surface area (Å²) < 4.78 is 4.92. The first-order valence-corrected chi connectivity index (χ1v) is 9.32. The number of carbonyl (C=O) groups is 4. The maximum Gasteiger partial charge on any atom is 0.326 e. The summed E-state index contributed by atoms with van der Waals surface area (Å²) in [5.74, 6) is -0.976. The molecule has 2 fully saturated rings. The first-order valence-electron chi connectivity index (χ1n) is 9.32. The van der Waals surface area contributed by atoms with Crippen molar-refractivity contribution < 1.29 is 23.9 Å². The molecule has 1 heterocycles. The molecule has 146 valence electrons. The number of urea groups is 1. The van der Waals surface area contributed by atoms with Gasteiger partial charge in [0.05, 0.1) is 0 Å². The van der Waals surface area contributed by atoms with Crippen LogP contribution < -0.4 is 10.6 Å². The molecular formula is C18H29N3O5. The zero-order chi connectivity index (χ0) is 19.3. The van der Waals surface area contributed by atoms with Crippen LogP contribution in [0.3, 0.4) is 0 Å². The van der Waals surface area contributed by atoms with Gasteiger partial charge in [0.2, 0.25) is 0 Å². The molecule has 1 spiro atoms. The monoisotopic (exact) mass is 367 g/mol. The molecule has 4 amide bonds. The lowest BCUT2D eigenvalue weighted by molar-refractivity contribution is -0.151. The largest absolute Gasteiger partial charge is 0.454 e. The highest BCUT2D eigenvalue weighted by Gasteiger charge is 2.52. The second-order valence-corrected chi connectivity index (χ2v) is 7.71. The zero-order valence-corrected chi connectivity index (χ0v) is 15.8. The quantitative estimate of drug-likeness (QED) is 0.497. The Morgan fingerprint density at radius 3 is 2.46 bits per heavy atom. The molecule has 1 aliphatic carbocycles. The van der Waals surface area contributed by atoms with E-state index in [0.29, 0.717) is 18.8 Å². The Kier molecular flexibility index (Phi) is 6.61. The second-order valence-electron chi connectivity index (χ2n) is 7.71. The van der Waals surface area contributed by atoms with E-state index < -0.39 is 30.7 Å². The van der Waals surface area contributed by atoms with Gasteiger partial charge in [-0.2, -0.15) is 0 Å². The molecule has 0 unspecified atom stereocenters. The molecule has 1 saturated carbocycles. The van der Waals surface area contributed by atoms with Crippen LogP contribution in [0, 0.1) is 5.92 Å². The van der Waals surface area contributed by atoms with Crippen molar-refractivity contribution in [2.24, 2.45) is 5.92 Å². The molecule has 0 bridgehead atoms. The average Bonchev–Trinajstić information content (AvgIpc) is 3.12. The number of hydrogen-bond donors (Lipinski definition) is 2. The van der Waals surface area contributed by atoms with Gasteiger partial charge in [-0.3, -0.25) is 19.3 Å². The van der Waals surface area contributed by atoms with E-state index >= 15 is 0 Å². The Morgan fingerprint density at radius 1 is 1.19 bits per heavy atom. The standard InChI is InChI=1S/C18H29N3O5/c1-12(2)6-7-13(3)19-14(22)11-26-15(23)10-21-16(24)18(20-17(21)25)8-4-5-9-18/h12-13H,4-11H2,1-3H3,(H,19,22)(H,20,25)/t13-/m0/s1. The number of nitrogens with zero attached hydrogens (tertiary/aromatic N) is 1. The Labute approximate surface area is 154 Å². The fourth-order valence-electron chi connectivity index (χ4n) is 3.43. The van der Waals surface area contributed by atoms with Crippen LogP contribution in [-0.4, -0.2) is 53.4 Å². The van der Waals surface area contributed by atoms with Crippen molar-refractivity contribution in [2.45, 2.75) is 70.9 Å². The van der Waals surface area contributed by atoms with Crippen molar-refractivity contribution >= 4 is 23.8 Å². The lowest BCUT2D eigenvalue weighted by Crippen LogP contribution is -2.44. The molecule has 1 aliphatic heterocycles. The van der Waals surface area contributed by atoms with Gasteiger partial charge in [-0.05, 0) is 38.5 Å². The van der Waals surface area contributed by atoms with Crippen LogP contribution in [0.25, 0.3) is 0 Å². The third-order valence-corrected chi connectivity index (χ3v) is 4.94. The number of nitrogens with one attached hydrogen (secondary N) is 2. The van der Waals surface area contributed by atoms with Crippen molar-refractivity contribution in [3.05, 3.63) is 0 Å². The van der Waals surface area contributed by atoms with E-state index in [2.05, 4.69) is 24.5 Å². The maximum absolute atomic E-state index is 12.4. The smallest absolute Gasteiger partial charge is 0.326 e. The summed E-state index contributed by atoms with van der Waals surface area (Å²) in [5, 5.41) is 5.46. The highest BCUT2D eigenvalue weighted by molar-refractivity contribution is 6.08. The van der Waals surface area contributed by atoms with E-state index in [-0.39, 0.29) is 17.9 Å². The summed E-state index contributed by atoms with van der Waals surface area (Å²) in [7, 11) is 0. The highest BCUT2D eigenvalue weighted by atomic mass is 16.5. The number of hydrogen-bond acceptors (Lipinski definition) is 5. The minimum atomic E-state index is -0.847. The van der Waals surface area contributed by atoms with Gasteiger partial charge in [-0.25, -0.2) is 4.79 Å². The number of imide groups is 1. The molecule has 0 aromatic heterocycles. The summed E-state index contributed by atoms with van der Waals surface area (Å²) >= 11 is 0. The van der Waals surface area contributed by atoms with Gasteiger partial charge in [0, 0.05) is 6.04 Å². The van der Waals surface area contributed by atoms with Crippen LogP contribution in [-0.2, 0) is 19.1 Å². The van der Waals surface area contributed by atoms with Gasteiger partial charge in [0.1, 0.15) is 12.1 Å². The normalized spacial score (nSPS) is 19.8. The van der Waals surface area contributed by atoms with Gasteiger partial charge in [-0.15, -0.1) is 0 Å². The summed E-state index contributed by atoms with van der Waals surface area (Å²) in [6, 6.07) is -0.572. The molecule has 2 rings (SSSR count). The molecule has 0 radical (unpaired) electrons. The topological polar surface area (TPSA) is 105 Å². The van der Waals surface area contributed by atoms with E-state index in [0.717, 1.165) is 30.6 Å². The van der Waals surface area contributed by atoms with Crippen LogP contribution in [0.5, 0.6) is 0 Å². The van der Waals surface area contributed by atoms with Crippen LogP contribution in [0.2, 0.25) is 0 Å². The third-order valence-electron chi connectivity index (χ3n) is 4.94. The second kappa shape index (κ2) is 8.51. The SMILES string of the molecule is CC(C)CC[C@H](C)NC(=O)COC(=O)CN1C(=O)NC2(CCCC2)C1=O.